The molecular formula is C18H16ClN3O. The Morgan fingerprint density at radius 2 is 1.91 bits per heavy atom. The lowest BCUT2D eigenvalue weighted by atomic mass is 10.0. The van der Waals surface area contributed by atoms with E-state index >= 15 is 0 Å². The second kappa shape index (κ2) is 6.67. The third kappa shape index (κ3) is 3.60. The zero-order chi connectivity index (χ0) is 16.2. The minimum absolute atomic E-state index is 0.127. The van der Waals surface area contributed by atoms with E-state index in [1.165, 1.54) is 16.3 Å². The summed E-state index contributed by atoms with van der Waals surface area (Å²) in [6.45, 7) is 0.619. The molecule has 3 N–H and O–H groups in total. The van der Waals surface area contributed by atoms with Crippen LogP contribution in [-0.2, 0) is 17.8 Å². The van der Waals surface area contributed by atoms with Crippen molar-refractivity contribution in [3.05, 3.63) is 71.0 Å². The number of hydrogen-bond donors (Lipinski definition) is 2. The minimum atomic E-state index is -0.401. The molecule has 0 aliphatic carbocycles. The van der Waals surface area contributed by atoms with E-state index < -0.39 is 5.91 Å². The van der Waals surface area contributed by atoms with Crippen molar-refractivity contribution < 1.29 is 4.79 Å². The molecule has 1 amide bonds. The first-order valence-electron chi connectivity index (χ1n) is 7.27. The van der Waals surface area contributed by atoms with Crippen molar-refractivity contribution >= 4 is 34.0 Å². The molecule has 1 heterocycles. The smallest absolute Gasteiger partial charge is 0.221 e. The van der Waals surface area contributed by atoms with Gasteiger partial charge in [0, 0.05) is 24.0 Å². The van der Waals surface area contributed by atoms with Gasteiger partial charge in [-0.15, -0.1) is 0 Å². The van der Waals surface area contributed by atoms with Gasteiger partial charge in [-0.05, 0) is 22.4 Å². The number of aromatic nitrogens is 1. The van der Waals surface area contributed by atoms with Gasteiger partial charge in [0.05, 0.1) is 6.42 Å². The normalized spacial score (nSPS) is 10.7. The zero-order valence-electron chi connectivity index (χ0n) is 12.4. The number of pyridine rings is 1. The number of anilines is 1. The number of benzene rings is 2. The highest BCUT2D eigenvalue weighted by atomic mass is 35.5. The quantitative estimate of drug-likeness (QED) is 0.705. The van der Waals surface area contributed by atoms with Crippen LogP contribution in [0.1, 0.15) is 11.1 Å². The van der Waals surface area contributed by atoms with Gasteiger partial charge < -0.3 is 11.1 Å². The summed E-state index contributed by atoms with van der Waals surface area (Å²) in [5, 5.41) is 6.09. The third-order valence-electron chi connectivity index (χ3n) is 3.67. The SMILES string of the molecule is NC(=O)Cc1cnc(Cl)cc1NCc1cccc2ccccc12. The van der Waals surface area contributed by atoms with Gasteiger partial charge >= 0.3 is 0 Å². The number of halogens is 1. The first-order valence-corrected chi connectivity index (χ1v) is 7.64. The first kappa shape index (κ1) is 15.3. The van der Waals surface area contributed by atoms with Crippen LogP contribution in [0, 0.1) is 0 Å². The summed E-state index contributed by atoms with van der Waals surface area (Å²) in [7, 11) is 0. The average molecular weight is 326 g/mol. The van der Waals surface area contributed by atoms with E-state index in [1.54, 1.807) is 12.3 Å². The van der Waals surface area contributed by atoms with E-state index in [2.05, 4.69) is 34.6 Å². The fourth-order valence-electron chi connectivity index (χ4n) is 2.59. The number of amides is 1. The molecule has 0 radical (unpaired) electrons. The molecule has 0 fully saturated rings. The van der Waals surface area contributed by atoms with Gasteiger partial charge in [-0.2, -0.15) is 0 Å². The van der Waals surface area contributed by atoms with E-state index in [0.717, 1.165) is 11.3 Å². The predicted octanol–water partition coefficient (Wildman–Crippen LogP) is 3.53. The molecule has 0 atom stereocenters. The molecule has 0 aliphatic heterocycles. The molecule has 5 heteroatoms. The number of nitrogens with two attached hydrogens (primary N) is 1. The molecule has 2 aromatic carbocycles. The molecule has 0 saturated heterocycles. The molecule has 4 nitrogen and oxygen atoms in total. The Kier molecular flexibility index (Phi) is 4.44. The lowest BCUT2D eigenvalue weighted by molar-refractivity contribution is -0.117. The summed E-state index contributed by atoms with van der Waals surface area (Å²) in [4.78, 5) is 15.2. The summed E-state index contributed by atoms with van der Waals surface area (Å²) in [5.74, 6) is -0.401. The van der Waals surface area contributed by atoms with Gasteiger partial charge in [-0.1, -0.05) is 54.1 Å². The molecule has 0 unspecified atom stereocenters. The molecule has 116 valence electrons. The number of carbonyl (C=O) groups excluding carboxylic acids is 1. The fraction of sp³-hybridized carbons (Fsp3) is 0.111. The number of carbonyl (C=O) groups is 1. The van der Waals surface area contributed by atoms with Crippen molar-refractivity contribution in [2.24, 2.45) is 5.73 Å². The molecule has 0 bridgehead atoms. The standard InChI is InChI=1S/C18H16ClN3O/c19-17-9-16(14(11-22-17)8-18(20)23)21-10-13-6-3-5-12-4-1-2-7-15(12)13/h1-7,9,11H,8,10H2,(H2,20,23)(H,21,22). The van der Waals surface area contributed by atoms with Crippen molar-refractivity contribution in [1.29, 1.82) is 0 Å². The van der Waals surface area contributed by atoms with E-state index in [1.807, 2.05) is 18.2 Å². The van der Waals surface area contributed by atoms with Crippen LogP contribution >= 0.6 is 11.6 Å². The van der Waals surface area contributed by atoms with Crippen LogP contribution in [0.3, 0.4) is 0 Å². The number of nitrogens with zero attached hydrogens (tertiary/aromatic N) is 1. The van der Waals surface area contributed by atoms with E-state index in [0.29, 0.717) is 11.7 Å². The van der Waals surface area contributed by atoms with Gasteiger partial charge in [-0.25, -0.2) is 4.98 Å². The average Bonchev–Trinajstić information content (AvgIpc) is 2.54. The number of fused-ring (bicyclic) bond motifs is 1. The van der Waals surface area contributed by atoms with Crippen molar-refractivity contribution in [1.82, 2.24) is 4.98 Å². The lowest BCUT2D eigenvalue weighted by Gasteiger charge is -2.13. The van der Waals surface area contributed by atoms with E-state index in [9.17, 15) is 4.79 Å². The van der Waals surface area contributed by atoms with Gasteiger partial charge in [-0.3, -0.25) is 4.79 Å². The molecule has 0 saturated carbocycles. The van der Waals surface area contributed by atoms with Gasteiger partial charge in [0.25, 0.3) is 0 Å². The largest absolute Gasteiger partial charge is 0.381 e. The molecule has 1 aromatic heterocycles. The minimum Gasteiger partial charge on any atom is -0.381 e. The van der Waals surface area contributed by atoms with Crippen LogP contribution in [0.15, 0.2) is 54.7 Å². The Hall–Kier alpha value is -2.59. The van der Waals surface area contributed by atoms with Crippen molar-refractivity contribution in [2.45, 2.75) is 13.0 Å². The zero-order valence-corrected chi connectivity index (χ0v) is 13.2. The summed E-state index contributed by atoms with van der Waals surface area (Å²) in [6, 6.07) is 16.1. The fourth-order valence-corrected chi connectivity index (χ4v) is 2.75. The summed E-state index contributed by atoms with van der Waals surface area (Å²) in [6.07, 6.45) is 1.71. The maximum absolute atomic E-state index is 11.2. The molecule has 23 heavy (non-hydrogen) atoms. The predicted molar refractivity (Wildman–Crippen MR) is 93.4 cm³/mol. The van der Waals surface area contributed by atoms with E-state index in [-0.39, 0.29) is 6.42 Å². The van der Waals surface area contributed by atoms with Crippen molar-refractivity contribution in [2.75, 3.05) is 5.32 Å². The van der Waals surface area contributed by atoms with Crippen LogP contribution < -0.4 is 11.1 Å². The van der Waals surface area contributed by atoms with Crippen LogP contribution in [0.25, 0.3) is 10.8 Å². The lowest BCUT2D eigenvalue weighted by Crippen LogP contribution is -2.15. The second-order valence-corrected chi connectivity index (χ2v) is 5.69. The van der Waals surface area contributed by atoms with E-state index in [4.69, 9.17) is 17.3 Å². The highest BCUT2D eigenvalue weighted by Gasteiger charge is 2.08. The van der Waals surface area contributed by atoms with Gasteiger partial charge in [0.15, 0.2) is 0 Å². The highest BCUT2D eigenvalue weighted by molar-refractivity contribution is 6.29. The topological polar surface area (TPSA) is 68.0 Å². The number of primary amides is 1. The van der Waals surface area contributed by atoms with Crippen molar-refractivity contribution in [3.8, 4) is 0 Å². The Morgan fingerprint density at radius 1 is 1.13 bits per heavy atom. The number of nitrogens with one attached hydrogen (secondary N) is 1. The van der Waals surface area contributed by atoms with Crippen LogP contribution in [0.5, 0.6) is 0 Å². The third-order valence-corrected chi connectivity index (χ3v) is 3.87. The van der Waals surface area contributed by atoms with Crippen LogP contribution in [-0.4, -0.2) is 10.9 Å². The van der Waals surface area contributed by atoms with Gasteiger partial charge in [0.1, 0.15) is 5.15 Å². The highest BCUT2D eigenvalue weighted by Crippen LogP contribution is 2.23. The Balaban J connectivity index is 1.87. The summed E-state index contributed by atoms with van der Waals surface area (Å²) in [5.41, 5.74) is 7.97. The molecule has 3 aromatic rings. The Bertz CT molecular complexity index is 859. The molecule has 0 spiro atoms. The monoisotopic (exact) mass is 325 g/mol. The number of rotatable bonds is 5. The Morgan fingerprint density at radius 3 is 2.74 bits per heavy atom. The van der Waals surface area contributed by atoms with Gasteiger partial charge in [0.2, 0.25) is 5.91 Å². The van der Waals surface area contributed by atoms with Crippen molar-refractivity contribution in [3.63, 3.8) is 0 Å². The first-order chi connectivity index (χ1) is 11.1. The second-order valence-electron chi connectivity index (χ2n) is 5.30. The van der Waals surface area contributed by atoms with Crippen LogP contribution in [0.4, 0.5) is 5.69 Å². The maximum Gasteiger partial charge on any atom is 0.221 e. The summed E-state index contributed by atoms with van der Waals surface area (Å²) < 4.78 is 0. The number of hydrogen-bond acceptors (Lipinski definition) is 3. The molecule has 0 aliphatic rings. The molecular weight excluding hydrogens is 310 g/mol. The Labute approximate surface area is 139 Å². The van der Waals surface area contributed by atoms with Crippen LogP contribution in [0.2, 0.25) is 5.15 Å². The molecule has 3 rings (SSSR count). The maximum atomic E-state index is 11.2. The summed E-state index contributed by atoms with van der Waals surface area (Å²) >= 11 is 5.96.